The van der Waals surface area contributed by atoms with Crippen LogP contribution >= 0.6 is 0 Å². The first-order valence-corrected chi connectivity index (χ1v) is 10.8. The van der Waals surface area contributed by atoms with Gasteiger partial charge in [-0.2, -0.15) is 0 Å². The SMILES string of the molecule is CCN(CC)CCCCCOc1c(-c2ccc(O)c(O)c2)oc2cc(O)cc(O)c2c1=O. The van der Waals surface area contributed by atoms with E-state index >= 15 is 0 Å². The number of phenolic OH excluding ortho intramolecular Hbond substituents is 4. The molecule has 172 valence electrons. The van der Waals surface area contributed by atoms with Gasteiger partial charge in [-0.05, 0) is 57.1 Å². The van der Waals surface area contributed by atoms with Crippen molar-refractivity contribution in [1.82, 2.24) is 4.90 Å². The summed E-state index contributed by atoms with van der Waals surface area (Å²) in [6.07, 6.45) is 2.65. The van der Waals surface area contributed by atoms with Crippen molar-refractivity contribution in [3.63, 3.8) is 0 Å². The Morgan fingerprint density at radius 2 is 1.66 bits per heavy atom. The molecule has 1 heterocycles. The Hall–Kier alpha value is -3.39. The predicted molar refractivity (Wildman–Crippen MR) is 122 cm³/mol. The summed E-state index contributed by atoms with van der Waals surface area (Å²) in [6, 6.07) is 6.27. The molecule has 3 aromatic rings. The Labute approximate surface area is 185 Å². The van der Waals surface area contributed by atoms with Crippen molar-refractivity contribution in [2.24, 2.45) is 0 Å². The zero-order valence-corrected chi connectivity index (χ0v) is 18.3. The van der Waals surface area contributed by atoms with Crippen molar-refractivity contribution in [2.45, 2.75) is 33.1 Å². The van der Waals surface area contributed by atoms with E-state index in [1.54, 1.807) is 0 Å². The second kappa shape index (κ2) is 10.3. The molecule has 0 fully saturated rings. The van der Waals surface area contributed by atoms with Crippen LogP contribution in [0, 0.1) is 0 Å². The van der Waals surface area contributed by atoms with Gasteiger partial charge in [-0.25, -0.2) is 0 Å². The quantitative estimate of drug-likeness (QED) is 0.272. The third-order valence-electron chi connectivity index (χ3n) is 5.41. The van der Waals surface area contributed by atoms with Crippen molar-refractivity contribution in [3.8, 4) is 40.1 Å². The summed E-state index contributed by atoms with van der Waals surface area (Å²) in [5.41, 5.74) is -0.310. The smallest absolute Gasteiger partial charge is 0.239 e. The van der Waals surface area contributed by atoms with Crippen LogP contribution < -0.4 is 10.2 Å². The Balaban J connectivity index is 1.90. The van der Waals surface area contributed by atoms with Crippen LogP contribution in [-0.4, -0.2) is 51.6 Å². The molecule has 0 saturated carbocycles. The van der Waals surface area contributed by atoms with Crippen molar-refractivity contribution in [1.29, 1.82) is 0 Å². The highest BCUT2D eigenvalue weighted by atomic mass is 16.5. The molecule has 32 heavy (non-hydrogen) atoms. The number of unbranched alkanes of at least 4 members (excludes halogenated alkanes) is 2. The molecule has 0 aliphatic carbocycles. The van der Waals surface area contributed by atoms with E-state index in [-0.39, 0.29) is 46.3 Å². The zero-order chi connectivity index (χ0) is 23.3. The van der Waals surface area contributed by atoms with Crippen LogP contribution in [-0.2, 0) is 0 Å². The first-order valence-electron chi connectivity index (χ1n) is 10.8. The van der Waals surface area contributed by atoms with Gasteiger partial charge in [0.2, 0.25) is 11.2 Å². The van der Waals surface area contributed by atoms with Gasteiger partial charge in [0.1, 0.15) is 22.5 Å². The number of hydrogen-bond donors (Lipinski definition) is 4. The molecule has 0 atom stereocenters. The van der Waals surface area contributed by atoms with Crippen LogP contribution in [0.3, 0.4) is 0 Å². The van der Waals surface area contributed by atoms with Gasteiger partial charge < -0.3 is 34.5 Å². The van der Waals surface area contributed by atoms with Gasteiger partial charge in [0.15, 0.2) is 17.3 Å². The highest BCUT2D eigenvalue weighted by Crippen LogP contribution is 2.38. The number of fused-ring (bicyclic) bond motifs is 1. The Morgan fingerprint density at radius 1 is 0.906 bits per heavy atom. The third kappa shape index (κ3) is 5.08. The number of ether oxygens (including phenoxy) is 1. The summed E-state index contributed by atoms with van der Waals surface area (Å²) >= 11 is 0. The molecule has 0 aliphatic heterocycles. The van der Waals surface area contributed by atoms with Gasteiger partial charge >= 0.3 is 0 Å². The van der Waals surface area contributed by atoms with Crippen molar-refractivity contribution < 1.29 is 29.6 Å². The normalized spacial score (nSPS) is 11.3. The van der Waals surface area contributed by atoms with E-state index < -0.39 is 11.2 Å². The molecule has 8 nitrogen and oxygen atoms in total. The molecule has 0 amide bonds. The van der Waals surface area contributed by atoms with Crippen LogP contribution in [0.25, 0.3) is 22.3 Å². The summed E-state index contributed by atoms with van der Waals surface area (Å²) in [7, 11) is 0. The van der Waals surface area contributed by atoms with Crippen molar-refractivity contribution >= 4 is 11.0 Å². The van der Waals surface area contributed by atoms with Gasteiger partial charge in [-0.1, -0.05) is 13.8 Å². The van der Waals surface area contributed by atoms with Gasteiger partial charge in [0, 0.05) is 17.7 Å². The Kier molecular flexibility index (Phi) is 7.48. The molecular formula is C24H29NO7. The van der Waals surface area contributed by atoms with Crippen LogP contribution in [0.2, 0.25) is 0 Å². The fraction of sp³-hybridized carbons (Fsp3) is 0.375. The number of aromatic hydroxyl groups is 4. The molecule has 1 aromatic heterocycles. The highest BCUT2D eigenvalue weighted by Gasteiger charge is 2.21. The second-order valence-corrected chi connectivity index (χ2v) is 7.57. The molecule has 4 N–H and O–H groups in total. The first kappa shape index (κ1) is 23.3. The van der Waals surface area contributed by atoms with E-state index in [9.17, 15) is 25.2 Å². The monoisotopic (exact) mass is 443 g/mol. The van der Waals surface area contributed by atoms with Crippen molar-refractivity contribution in [2.75, 3.05) is 26.2 Å². The Morgan fingerprint density at radius 3 is 2.34 bits per heavy atom. The fourth-order valence-corrected chi connectivity index (χ4v) is 3.58. The standard InChI is InChI=1S/C24H29NO7/c1-3-25(4-2)10-6-5-7-11-31-24-22(30)21-19(29)13-16(26)14-20(21)32-23(24)15-8-9-17(27)18(28)12-15/h8-9,12-14,26-29H,3-7,10-11H2,1-2H3. The predicted octanol–water partition coefficient (Wildman–Crippen LogP) is 4.17. The molecule has 0 spiro atoms. The molecule has 0 saturated heterocycles. The molecule has 0 aliphatic rings. The maximum atomic E-state index is 13.1. The third-order valence-corrected chi connectivity index (χ3v) is 5.41. The van der Waals surface area contributed by atoms with Gasteiger partial charge in [-0.3, -0.25) is 4.79 Å². The number of hydrogen-bond acceptors (Lipinski definition) is 8. The molecule has 3 rings (SSSR count). The molecule has 2 aromatic carbocycles. The van der Waals surface area contributed by atoms with Gasteiger partial charge in [-0.15, -0.1) is 0 Å². The number of phenols is 4. The first-order chi connectivity index (χ1) is 15.3. The van der Waals surface area contributed by atoms with Crippen LogP contribution in [0.1, 0.15) is 33.1 Å². The minimum absolute atomic E-state index is 0.0263. The van der Waals surface area contributed by atoms with Crippen LogP contribution in [0.15, 0.2) is 39.5 Å². The number of nitrogens with zero attached hydrogens (tertiary/aromatic N) is 1. The number of benzene rings is 2. The molecular weight excluding hydrogens is 414 g/mol. The largest absolute Gasteiger partial charge is 0.508 e. The molecule has 0 bridgehead atoms. The lowest BCUT2D eigenvalue weighted by Crippen LogP contribution is -2.24. The van der Waals surface area contributed by atoms with E-state index in [0.717, 1.165) is 45.0 Å². The minimum atomic E-state index is -0.588. The van der Waals surface area contributed by atoms with Crippen LogP contribution in [0.4, 0.5) is 0 Å². The average Bonchev–Trinajstić information content (AvgIpc) is 2.75. The lowest BCUT2D eigenvalue weighted by Gasteiger charge is -2.17. The zero-order valence-electron chi connectivity index (χ0n) is 18.3. The summed E-state index contributed by atoms with van der Waals surface area (Å²) in [4.78, 5) is 15.5. The lowest BCUT2D eigenvalue weighted by molar-refractivity contribution is 0.274. The van der Waals surface area contributed by atoms with Gasteiger partial charge in [0.05, 0.1) is 6.61 Å². The number of rotatable bonds is 10. The van der Waals surface area contributed by atoms with E-state index in [2.05, 4.69) is 18.7 Å². The van der Waals surface area contributed by atoms with E-state index in [1.807, 2.05) is 0 Å². The maximum absolute atomic E-state index is 13.1. The van der Waals surface area contributed by atoms with E-state index in [4.69, 9.17) is 9.15 Å². The molecule has 0 radical (unpaired) electrons. The summed E-state index contributed by atoms with van der Waals surface area (Å²) in [6.45, 7) is 7.54. The minimum Gasteiger partial charge on any atom is -0.508 e. The second-order valence-electron chi connectivity index (χ2n) is 7.57. The summed E-state index contributed by atoms with van der Waals surface area (Å²) in [5, 5.41) is 39.4. The molecule has 8 heteroatoms. The molecule has 0 unspecified atom stereocenters. The van der Waals surface area contributed by atoms with Gasteiger partial charge in [0.25, 0.3) is 0 Å². The topological polar surface area (TPSA) is 124 Å². The Bertz CT molecular complexity index is 1140. The van der Waals surface area contributed by atoms with Crippen molar-refractivity contribution in [3.05, 3.63) is 40.6 Å². The fourth-order valence-electron chi connectivity index (χ4n) is 3.58. The maximum Gasteiger partial charge on any atom is 0.239 e. The van der Waals surface area contributed by atoms with E-state index in [1.165, 1.54) is 24.3 Å². The lowest BCUT2D eigenvalue weighted by atomic mass is 10.1. The van der Waals surface area contributed by atoms with Crippen LogP contribution in [0.5, 0.6) is 28.7 Å². The summed E-state index contributed by atoms with van der Waals surface area (Å²) < 4.78 is 11.6. The van der Waals surface area contributed by atoms with E-state index in [0.29, 0.717) is 5.56 Å². The summed E-state index contributed by atoms with van der Waals surface area (Å²) in [5.74, 6) is -1.45. The highest BCUT2D eigenvalue weighted by molar-refractivity contribution is 5.88. The average molecular weight is 443 g/mol.